The maximum Gasteiger partial charge on any atom is 0.333 e. The van der Waals surface area contributed by atoms with Gasteiger partial charge in [0.05, 0.1) is 6.61 Å². The van der Waals surface area contributed by atoms with Gasteiger partial charge in [0, 0.05) is 19.9 Å². The average Bonchev–Trinajstić information content (AvgIpc) is 2.65. The molecule has 0 aromatic heterocycles. The molecule has 0 bridgehead atoms. The van der Waals surface area contributed by atoms with Crippen LogP contribution in [-0.2, 0) is 33.3 Å². The fraction of sp³-hybridized carbons (Fsp3) is 0.421. The minimum Gasteiger partial charge on any atom is -0.455 e. The number of benzene rings is 1. The van der Waals surface area contributed by atoms with Gasteiger partial charge in [-0.25, -0.2) is 4.79 Å². The summed E-state index contributed by atoms with van der Waals surface area (Å²) in [7, 11) is 0. The van der Waals surface area contributed by atoms with Gasteiger partial charge in [0.25, 0.3) is 0 Å². The fourth-order valence-electron chi connectivity index (χ4n) is 2.66. The van der Waals surface area contributed by atoms with Gasteiger partial charge in [0.15, 0.2) is 6.10 Å². The van der Waals surface area contributed by atoms with Crippen LogP contribution in [-0.4, -0.2) is 65.4 Å². The summed E-state index contributed by atoms with van der Waals surface area (Å²) in [6, 6.07) is 8.96. The molecule has 2 N–H and O–H groups in total. The fourth-order valence-corrected chi connectivity index (χ4v) is 2.66. The van der Waals surface area contributed by atoms with E-state index in [1.165, 1.54) is 6.08 Å². The van der Waals surface area contributed by atoms with E-state index < -0.39 is 55.2 Å². The molecule has 1 heterocycles. The van der Waals surface area contributed by atoms with Gasteiger partial charge in [-0.15, -0.1) is 0 Å². The summed E-state index contributed by atoms with van der Waals surface area (Å²) >= 11 is 0. The maximum absolute atomic E-state index is 12.2. The van der Waals surface area contributed by atoms with E-state index in [0.717, 1.165) is 25.5 Å². The molecule has 0 aliphatic carbocycles. The molecule has 0 amide bonds. The third kappa shape index (κ3) is 5.88. The van der Waals surface area contributed by atoms with Gasteiger partial charge in [-0.3, -0.25) is 9.59 Å². The molecular formula is C19H22O9. The van der Waals surface area contributed by atoms with E-state index in [2.05, 4.69) is 0 Å². The number of carbonyl (C=O) groups excluding carboxylic acids is 3. The normalized spacial score (nSPS) is 27.2. The first-order chi connectivity index (χ1) is 13.3. The molecule has 9 nitrogen and oxygen atoms in total. The Balaban J connectivity index is 2.19. The lowest BCUT2D eigenvalue weighted by molar-refractivity contribution is -0.296. The van der Waals surface area contributed by atoms with Crippen LogP contribution in [0.3, 0.4) is 0 Å². The van der Waals surface area contributed by atoms with Crippen molar-refractivity contribution in [2.24, 2.45) is 0 Å². The highest BCUT2D eigenvalue weighted by molar-refractivity contribution is 5.87. The van der Waals surface area contributed by atoms with Crippen molar-refractivity contribution in [2.75, 3.05) is 6.61 Å². The lowest BCUT2D eigenvalue weighted by Crippen LogP contribution is -2.61. The molecule has 0 radical (unpaired) electrons. The van der Waals surface area contributed by atoms with Crippen molar-refractivity contribution in [2.45, 2.75) is 44.6 Å². The van der Waals surface area contributed by atoms with Crippen LogP contribution in [0.2, 0.25) is 0 Å². The first-order valence-electron chi connectivity index (χ1n) is 8.54. The van der Waals surface area contributed by atoms with Gasteiger partial charge in [-0.1, -0.05) is 30.3 Å². The molecule has 9 heteroatoms. The molecule has 2 rings (SSSR count). The van der Waals surface area contributed by atoms with Crippen molar-refractivity contribution in [1.29, 1.82) is 0 Å². The zero-order chi connectivity index (χ0) is 20.7. The molecule has 0 saturated carbocycles. The van der Waals surface area contributed by atoms with E-state index in [-0.39, 0.29) is 0 Å². The van der Waals surface area contributed by atoms with Gasteiger partial charge in [-0.05, 0) is 11.6 Å². The molecule has 1 aliphatic heterocycles. The zero-order valence-corrected chi connectivity index (χ0v) is 15.4. The van der Waals surface area contributed by atoms with Crippen molar-refractivity contribution in [3.05, 3.63) is 42.0 Å². The van der Waals surface area contributed by atoms with Crippen LogP contribution >= 0.6 is 0 Å². The molecule has 28 heavy (non-hydrogen) atoms. The first kappa shape index (κ1) is 21.5. The maximum atomic E-state index is 12.2. The van der Waals surface area contributed by atoms with E-state index in [4.69, 9.17) is 18.9 Å². The molecule has 1 aromatic carbocycles. The number of aliphatic hydroxyl groups is 2. The number of hydrogen-bond donors (Lipinski definition) is 2. The summed E-state index contributed by atoms with van der Waals surface area (Å²) in [4.78, 5) is 35.0. The Morgan fingerprint density at radius 1 is 1.04 bits per heavy atom. The Kier molecular flexibility index (Phi) is 7.68. The summed E-state index contributed by atoms with van der Waals surface area (Å²) in [5.74, 6) is -2.34. The Morgan fingerprint density at radius 2 is 1.64 bits per heavy atom. The molecule has 0 unspecified atom stereocenters. The highest BCUT2D eigenvalue weighted by atomic mass is 16.7. The molecule has 1 fully saturated rings. The van der Waals surface area contributed by atoms with Crippen molar-refractivity contribution < 1.29 is 43.5 Å². The minimum absolute atomic E-state index is 0.639. The molecule has 0 spiro atoms. The molecule has 1 aliphatic rings. The zero-order valence-electron chi connectivity index (χ0n) is 15.4. The van der Waals surface area contributed by atoms with Crippen LogP contribution in [0.5, 0.6) is 0 Å². The smallest absolute Gasteiger partial charge is 0.333 e. The summed E-state index contributed by atoms with van der Waals surface area (Å²) < 4.78 is 20.6. The summed E-state index contributed by atoms with van der Waals surface area (Å²) in [6.07, 6.45) is -4.35. The topological polar surface area (TPSA) is 129 Å². The van der Waals surface area contributed by atoms with E-state index in [1.807, 2.05) is 6.07 Å². The Morgan fingerprint density at radius 3 is 2.21 bits per heavy atom. The highest BCUT2D eigenvalue weighted by Crippen LogP contribution is 2.27. The van der Waals surface area contributed by atoms with Gasteiger partial charge in [-0.2, -0.15) is 0 Å². The van der Waals surface area contributed by atoms with Crippen molar-refractivity contribution >= 4 is 24.0 Å². The molecule has 5 atom stereocenters. The first-order valence-corrected chi connectivity index (χ1v) is 8.54. The number of aliphatic hydroxyl groups excluding tert-OH is 2. The molecule has 152 valence electrons. The van der Waals surface area contributed by atoms with E-state index in [9.17, 15) is 24.6 Å². The summed E-state index contributed by atoms with van der Waals surface area (Å²) in [5.41, 5.74) is 0.752. The third-order valence-electron chi connectivity index (χ3n) is 3.85. The van der Waals surface area contributed by atoms with Crippen LogP contribution in [0.25, 0.3) is 6.08 Å². The standard InChI is InChI=1S/C19H22O9/c1-11(21)25-17-16(24)14(10-20)27-19(18(17)26-12(2)22)28-15(23)9-8-13-6-4-3-5-7-13/h3-9,14,16-20,24H,10H2,1-2H3/b9-8+/t14-,16-,17+,18-,19+/m1/s1. The van der Waals surface area contributed by atoms with E-state index in [1.54, 1.807) is 24.3 Å². The van der Waals surface area contributed by atoms with E-state index >= 15 is 0 Å². The van der Waals surface area contributed by atoms with Gasteiger partial charge >= 0.3 is 17.9 Å². The third-order valence-corrected chi connectivity index (χ3v) is 3.85. The number of carbonyl (C=O) groups is 3. The Hall–Kier alpha value is -2.75. The van der Waals surface area contributed by atoms with E-state index in [0.29, 0.717) is 0 Å². The number of rotatable bonds is 6. The van der Waals surface area contributed by atoms with Crippen molar-refractivity contribution in [3.63, 3.8) is 0 Å². The van der Waals surface area contributed by atoms with Crippen LogP contribution in [0.15, 0.2) is 36.4 Å². The van der Waals surface area contributed by atoms with Gasteiger partial charge in [0.2, 0.25) is 12.4 Å². The average molecular weight is 394 g/mol. The summed E-state index contributed by atoms with van der Waals surface area (Å²) in [5, 5.41) is 19.7. The second-order valence-corrected chi connectivity index (χ2v) is 6.05. The van der Waals surface area contributed by atoms with Crippen LogP contribution in [0, 0.1) is 0 Å². The van der Waals surface area contributed by atoms with Gasteiger partial charge < -0.3 is 29.2 Å². The lowest BCUT2D eigenvalue weighted by atomic mass is 9.98. The quantitative estimate of drug-likeness (QED) is 0.394. The number of ether oxygens (including phenoxy) is 4. The van der Waals surface area contributed by atoms with Crippen LogP contribution in [0.4, 0.5) is 0 Å². The molecular weight excluding hydrogens is 372 g/mol. The molecule has 1 saturated heterocycles. The SMILES string of the molecule is CC(=O)O[C@H]1[C@H](OC(=O)/C=C/c2ccccc2)O[C@H](CO)[C@@H](O)[C@@H]1OC(C)=O. The Bertz CT molecular complexity index is 715. The predicted molar refractivity (Wildman–Crippen MR) is 94.4 cm³/mol. The van der Waals surface area contributed by atoms with Crippen LogP contribution in [0.1, 0.15) is 19.4 Å². The number of hydrogen-bond acceptors (Lipinski definition) is 9. The second-order valence-electron chi connectivity index (χ2n) is 6.05. The highest BCUT2D eigenvalue weighted by Gasteiger charge is 2.50. The largest absolute Gasteiger partial charge is 0.455 e. The molecule has 1 aromatic rings. The second kappa shape index (κ2) is 9.98. The lowest BCUT2D eigenvalue weighted by Gasteiger charge is -2.42. The van der Waals surface area contributed by atoms with Crippen molar-refractivity contribution in [1.82, 2.24) is 0 Å². The minimum atomic E-state index is -1.50. The number of esters is 3. The van der Waals surface area contributed by atoms with Crippen molar-refractivity contribution in [3.8, 4) is 0 Å². The predicted octanol–water partition coefficient (Wildman–Crippen LogP) is 0.184. The Labute approximate surface area is 161 Å². The summed E-state index contributed by atoms with van der Waals surface area (Å²) in [6.45, 7) is 1.56. The van der Waals surface area contributed by atoms with Gasteiger partial charge in [0.1, 0.15) is 12.2 Å². The van der Waals surface area contributed by atoms with Crippen LogP contribution < -0.4 is 0 Å². The monoisotopic (exact) mass is 394 g/mol.